The maximum atomic E-state index is 14.5. The molecule has 0 aromatic carbocycles. The normalized spacial score (nSPS) is 13.8. The number of halogens is 4. The molecule has 162 valence electrons. The van der Waals surface area contributed by atoms with Crippen molar-refractivity contribution in [2.75, 3.05) is 6.61 Å². The minimum absolute atomic E-state index is 0.0701. The molecule has 0 fully saturated rings. The van der Waals surface area contributed by atoms with Gasteiger partial charge in [-0.3, -0.25) is 4.79 Å². The van der Waals surface area contributed by atoms with Crippen LogP contribution < -0.4 is 0 Å². The van der Waals surface area contributed by atoms with Crippen molar-refractivity contribution in [1.82, 2.24) is 10.3 Å². The third-order valence-corrected chi connectivity index (χ3v) is 4.49. The van der Waals surface area contributed by atoms with Gasteiger partial charge in [0.15, 0.2) is 11.5 Å². The van der Waals surface area contributed by atoms with Crippen molar-refractivity contribution in [3.63, 3.8) is 0 Å². The molecule has 0 radical (unpaired) electrons. The van der Waals surface area contributed by atoms with E-state index < -0.39 is 58.8 Å². The molecule has 0 saturated heterocycles. The monoisotopic (exact) mass is 422 g/mol. The third kappa shape index (κ3) is 4.77. The summed E-state index contributed by atoms with van der Waals surface area (Å²) in [5, 5.41) is 25.0. The maximum absolute atomic E-state index is 14.5. The molecule has 0 unspecified atom stereocenters. The molecule has 11 heteroatoms. The lowest BCUT2D eigenvalue weighted by molar-refractivity contribution is -0.137. The number of aromatic nitrogens is 2. The molecule has 29 heavy (non-hydrogen) atoms. The minimum atomic E-state index is -3.43. The van der Waals surface area contributed by atoms with Gasteiger partial charge < -0.3 is 19.3 Å². The van der Waals surface area contributed by atoms with Gasteiger partial charge in [-0.05, 0) is 12.8 Å². The molecule has 1 atom stereocenters. The molecule has 7 nitrogen and oxygen atoms in total. The molecule has 2 rings (SSSR count). The van der Waals surface area contributed by atoms with E-state index in [0.29, 0.717) is 0 Å². The van der Waals surface area contributed by atoms with Crippen LogP contribution in [0.25, 0.3) is 11.5 Å². The molecule has 0 amide bonds. The summed E-state index contributed by atoms with van der Waals surface area (Å²) in [5.74, 6) is -7.01. The summed E-state index contributed by atoms with van der Waals surface area (Å²) in [6, 6.07) is 0.807. The standard InChI is InChI=1S/C18H22F4N2O5/c1-17(2,3)18(21,22)11-8-10(23-28-11)15-13(16(19)20)14(24-29-15)9(5-4-6-25)7-12(26)27/h8-9,16,25H,4-7H2,1-3H3,(H,26,27)/t9-/m0/s1. The molecule has 2 N–H and O–H groups in total. The van der Waals surface area contributed by atoms with E-state index in [2.05, 4.69) is 14.8 Å². The number of carboxylic acids is 1. The van der Waals surface area contributed by atoms with E-state index in [1.54, 1.807) is 0 Å². The van der Waals surface area contributed by atoms with Gasteiger partial charge in [0.1, 0.15) is 0 Å². The van der Waals surface area contributed by atoms with Gasteiger partial charge >= 0.3 is 11.9 Å². The van der Waals surface area contributed by atoms with Gasteiger partial charge in [0.2, 0.25) is 5.76 Å². The second kappa shape index (κ2) is 8.52. The summed E-state index contributed by atoms with van der Waals surface area (Å²) < 4.78 is 66.0. The second-order valence-corrected chi connectivity index (χ2v) is 7.67. The first-order valence-corrected chi connectivity index (χ1v) is 8.85. The Labute approximate surface area is 163 Å². The lowest BCUT2D eigenvalue weighted by Crippen LogP contribution is -2.30. The summed E-state index contributed by atoms with van der Waals surface area (Å²) in [4.78, 5) is 11.1. The number of aliphatic hydroxyl groups excluding tert-OH is 1. The summed E-state index contributed by atoms with van der Waals surface area (Å²) >= 11 is 0. The quantitative estimate of drug-likeness (QED) is 0.562. The highest BCUT2D eigenvalue weighted by molar-refractivity contribution is 5.68. The van der Waals surface area contributed by atoms with Crippen LogP contribution in [0.4, 0.5) is 17.6 Å². The maximum Gasteiger partial charge on any atom is 0.312 e. The van der Waals surface area contributed by atoms with Crippen LogP contribution in [0.15, 0.2) is 15.1 Å². The van der Waals surface area contributed by atoms with Crippen molar-refractivity contribution >= 4 is 5.97 Å². The first kappa shape index (κ1) is 22.9. The lowest BCUT2D eigenvalue weighted by atomic mass is 9.86. The highest BCUT2D eigenvalue weighted by Gasteiger charge is 2.48. The fraction of sp³-hybridized carbons (Fsp3) is 0.611. The van der Waals surface area contributed by atoms with Gasteiger partial charge in [0, 0.05) is 24.0 Å². The Hall–Kier alpha value is -2.43. The fourth-order valence-electron chi connectivity index (χ4n) is 2.78. The number of aliphatic hydroxyl groups is 1. The molecule has 2 aromatic heterocycles. The molecule has 0 aliphatic carbocycles. The summed E-state index contributed by atoms with van der Waals surface area (Å²) in [7, 11) is 0. The zero-order valence-corrected chi connectivity index (χ0v) is 16.1. The number of carbonyl (C=O) groups is 1. The van der Waals surface area contributed by atoms with E-state index >= 15 is 0 Å². The summed E-state index contributed by atoms with van der Waals surface area (Å²) in [5.41, 5.74) is -2.95. The molecule has 2 aromatic rings. The van der Waals surface area contributed by atoms with Crippen LogP contribution in [-0.4, -0.2) is 33.1 Å². The molecular formula is C18H22F4N2O5. The van der Waals surface area contributed by atoms with Crippen LogP contribution in [-0.2, 0) is 10.7 Å². The van der Waals surface area contributed by atoms with Gasteiger partial charge in [0.05, 0.1) is 17.7 Å². The lowest BCUT2D eigenvalue weighted by Gasteiger charge is -2.27. The van der Waals surface area contributed by atoms with Crippen LogP contribution in [0.2, 0.25) is 0 Å². The molecule has 0 aliphatic rings. The Bertz CT molecular complexity index is 842. The Balaban J connectivity index is 2.49. The van der Waals surface area contributed by atoms with E-state index in [-0.39, 0.29) is 25.1 Å². The van der Waals surface area contributed by atoms with Gasteiger partial charge in [0.25, 0.3) is 6.43 Å². The van der Waals surface area contributed by atoms with Crippen LogP contribution >= 0.6 is 0 Å². The SMILES string of the molecule is CC(C)(C)C(F)(F)c1cc(-c2onc([C@@H](CCCO)CC(=O)O)c2C(F)F)no1. The highest BCUT2D eigenvalue weighted by atomic mass is 19.3. The molecule has 0 saturated carbocycles. The Kier molecular flexibility index (Phi) is 6.71. The van der Waals surface area contributed by atoms with Crippen LogP contribution in [0.5, 0.6) is 0 Å². The number of aliphatic carboxylic acids is 1. The average molecular weight is 422 g/mol. The summed E-state index contributed by atoms with van der Waals surface area (Å²) in [6.45, 7) is 3.58. The van der Waals surface area contributed by atoms with E-state index in [9.17, 15) is 22.4 Å². The van der Waals surface area contributed by atoms with Gasteiger partial charge in [-0.1, -0.05) is 31.1 Å². The van der Waals surface area contributed by atoms with Gasteiger partial charge in [-0.2, -0.15) is 8.78 Å². The predicted molar refractivity (Wildman–Crippen MR) is 91.6 cm³/mol. The number of nitrogens with zero attached hydrogens (tertiary/aromatic N) is 2. The third-order valence-electron chi connectivity index (χ3n) is 4.49. The van der Waals surface area contributed by atoms with Crippen molar-refractivity contribution in [3.05, 3.63) is 23.1 Å². The zero-order valence-electron chi connectivity index (χ0n) is 16.1. The summed E-state index contributed by atoms with van der Waals surface area (Å²) in [6.07, 6.45) is -3.41. The molecule has 0 spiro atoms. The Morgan fingerprint density at radius 1 is 1.21 bits per heavy atom. The molecule has 0 aliphatic heterocycles. The van der Waals surface area contributed by atoms with Crippen LogP contribution in [0, 0.1) is 5.41 Å². The number of alkyl halides is 4. The molecule has 2 heterocycles. The topological polar surface area (TPSA) is 110 Å². The Morgan fingerprint density at radius 2 is 1.86 bits per heavy atom. The first-order chi connectivity index (χ1) is 13.4. The smallest absolute Gasteiger partial charge is 0.312 e. The molecular weight excluding hydrogens is 400 g/mol. The molecule has 0 bridgehead atoms. The van der Waals surface area contributed by atoms with Gasteiger partial charge in [-0.15, -0.1) is 0 Å². The van der Waals surface area contributed by atoms with E-state index in [0.717, 1.165) is 6.07 Å². The Morgan fingerprint density at radius 3 is 2.38 bits per heavy atom. The van der Waals surface area contributed by atoms with Crippen molar-refractivity contribution in [2.24, 2.45) is 5.41 Å². The number of rotatable bonds is 9. The number of hydrogen-bond donors (Lipinski definition) is 2. The van der Waals surface area contributed by atoms with E-state index in [1.165, 1.54) is 20.8 Å². The fourth-order valence-corrected chi connectivity index (χ4v) is 2.78. The van der Waals surface area contributed by atoms with Gasteiger partial charge in [-0.25, -0.2) is 8.78 Å². The van der Waals surface area contributed by atoms with Crippen molar-refractivity contribution < 1.29 is 41.6 Å². The largest absolute Gasteiger partial charge is 0.481 e. The van der Waals surface area contributed by atoms with Crippen molar-refractivity contribution in [1.29, 1.82) is 0 Å². The number of carboxylic acid groups (broad SMARTS) is 1. The van der Waals surface area contributed by atoms with Crippen LogP contribution in [0.1, 0.15) is 69.4 Å². The van der Waals surface area contributed by atoms with Crippen molar-refractivity contribution in [2.45, 2.75) is 58.3 Å². The van der Waals surface area contributed by atoms with Crippen LogP contribution in [0.3, 0.4) is 0 Å². The second-order valence-electron chi connectivity index (χ2n) is 7.67. The number of hydrogen-bond acceptors (Lipinski definition) is 6. The highest BCUT2D eigenvalue weighted by Crippen LogP contribution is 2.46. The zero-order chi connectivity index (χ0) is 22.0. The first-order valence-electron chi connectivity index (χ1n) is 8.85. The predicted octanol–water partition coefficient (Wildman–Crippen LogP) is 4.74. The van der Waals surface area contributed by atoms with Crippen molar-refractivity contribution in [3.8, 4) is 11.5 Å². The van der Waals surface area contributed by atoms with E-state index in [1.807, 2.05) is 0 Å². The minimum Gasteiger partial charge on any atom is -0.481 e. The average Bonchev–Trinajstić information content (AvgIpc) is 3.23. The van der Waals surface area contributed by atoms with E-state index in [4.69, 9.17) is 14.7 Å².